The Bertz CT molecular complexity index is 958. The molecule has 0 spiro atoms. The van der Waals surface area contributed by atoms with Crippen LogP contribution in [-0.4, -0.2) is 15.7 Å². The molecular formula is C17H17N7O. The second kappa shape index (κ2) is 6.44. The molecule has 0 atom stereocenters. The Morgan fingerprint density at radius 1 is 1.00 bits per heavy atom. The maximum Gasteiger partial charge on any atom is 0.282 e. The first kappa shape index (κ1) is 16.2. The first-order valence-corrected chi connectivity index (χ1v) is 7.49. The van der Waals surface area contributed by atoms with Gasteiger partial charge in [0.25, 0.3) is 5.91 Å². The third-order valence-corrected chi connectivity index (χ3v) is 3.60. The molecule has 0 amide bonds. The monoisotopic (exact) mass is 335 g/mol. The fourth-order valence-electron chi connectivity index (χ4n) is 2.22. The average molecular weight is 335 g/mol. The number of aromatic nitrogens is 2. The summed E-state index contributed by atoms with van der Waals surface area (Å²) in [7, 11) is 0. The number of rotatable bonds is 3. The minimum absolute atomic E-state index is 0.00150. The summed E-state index contributed by atoms with van der Waals surface area (Å²) >= 11 is 0. The molecule has 8 nitrogen and oxygen atoms in total. The molecule has 3 rings (SSSR count). The first-order chi connectivity index (χ1) is 12.0. The second-order valence-corrected chi connectivity index (χ2v) is 5.46. The van der Waals surface area contributed by atoms with Gasteiger partial charge in [0, 0.05) is 5.69 Å². The van der Waals surface area contributed by atoms with Crippen LogP contribution in [0.2, 0.25) is 0 Å². The third-order valence-electron chi connectivity index (χ3n) is 3.60. The standard InChI is InChI=1S/C17H17N7O/c1-10-6-8-11(9-7-10)21-22-14-15(19)23-24(16(14)20)17(25)12-4-2-3-5-13(12)18/h2-9H,18,20H2,1H3,(H2,19,23). The minimum Gasteiger partial charge on any atom is -0.398 e. The van der Waals surface area contributed by atoms with E-state index in [-0.39, 0.29) is 22.9 Å². The molecule has 1 heterocycles. The number of para-hydroxylation sites is 1. The van der Waals surface area contributed by atoms with Crippen molar-refractivity contribution in [3.05, 3.63) is 59.7 Å². The van der Waals surface area contributed by atoms with Crippen LogP contribution in [0.5, 0.6) is 0 Å². The lowest BCUT2D eigenvalue weighted by molar-refractivity contribution is 0.0949. The van der Waals surface area contributed by atoms with Crippen LogP contribution in [0.25, 0.3) is 0 Å². The van der Waals surface area contributed by atoms with E-state index in [2.05, 4.69) is 15.3 Å². The van der Waals surface area contributed by atoms with Gasteiger partial charge in [0.2, 0.25) is 0 Å². The Morgan fingerprint density at radius 2 is 1.68 bits per heavy atom. The molecule has 1 aromatic heterocycles. The third kappa shape index (κ3) is 3.18. The van der Waals surface area contributed by atoms with E-state index in [1.807, 2.05) is 31.2 Å². The van der Waals surface area contributed by atoms with E-state index < -0.39 is 5.91 Å². The molecule has 6 N–H and O–H groups in total. The second-order valence-electron chi connectivity index (χ2n) is 5.46. The van der Waals surface area contributed by atoms with Gasteiger partial charge in [-0.2, -0.15) is 9.80 Å². The van der Waals surface area contributed by atoms with E-state index in [1.54, 1.807) is 24.3 Å². The summed E-state index contributed by atoms with van der Waals surface area (Å²) in [5.41, 5.74) is 20.1. The van der Waals surface area contributed by atoms with E-state index in [9.17, 15) is 4.79 Å². The summed E-state index contributed by atoms with van der Waals surface area (Å²) in [6, 6.07) is 14.1. The molecule has 8 heteroatoms. The number of carbonyl (C=O) groups is 1. The Balaban J connectivity index is 1.95. The Morgan fingerprint density at radius 3 is 2.36 bits per heavy atom. The average Bonchev–Trinajstić information content (AvgIpc) is 2.89. The summed E-state index contributed by atoms with van der Waals surface area (Å²) in [6.07, 6.45) is 0. The molecule has 3 aromatic rings. The van der Waals surface area contributed by atoms with Gasteiger partial charge < -0.3 is 17.2 Å². The molecule has 0 aliphatic rings. The van der Waals surface area contributed by atoms with Gasteiger partial charge in [0.1, 0.15) is 0 Å². The normalized spacial score (nSPS) is 11.1. The zero-order valence-electron chi connectivity index (χ0n) is 13.5. The molecule has 0 saturated heterocycles. The number of nitrogens with zero attached hydrogens (tertiary/aromatic N) is 4. The molecule has 25 heavy (non-hydrogen) atoms. The van der Waals surface area contributed by atoms with Gasteiger partial charge in [-0.1, -0.05) is 29.8 Å². The molecule has 0 bridgehead atoms. The molecule has 0 radical (unpaired) electrons. The highest BCUT2D eigenvalue weighted by Gasteiger charge is 2.20. The molecule has 0 fully saturated rings. The number of nitrogen functional groups attached to an aromatic ring is 3. The number of carbonyl (C=O) groups excluding carboxylic acids is 1. The highest BCUT2D eigenvalue weighted by molar-refractivity contribution is 6.02. The Hall–Kier alpha value is -3.68. The lowest BCUT2D eigenvalue weighted by Crippen LogP contribution is -2.17. The maximum absolute atomic E-state index is 12.6. The molecule has 0 aliphatic carbocycles. The van der Waals surface area contributed by atoms with Gasteiger partial charge in [-0.3, -0.25) is 4.79 Å². The van der Waals surface area contributed by atoms with Gasteiger partial charge in [0.15, 0.2) is 17.3 Å². The lowest BCUT2D eigenvalue weighted by Gasteiger charge is -2.05. The topological polar surface area (TPSA) is 138 Å². The zero-order chi connectivity index (χ0) is 18.0. The van der Waals surface area contributed by atoms with Crippen LogP contribution < -0.4 is 17.2 Å². The molecule has 0 unspecified atom stereocenters. The molecule has 0 aliphatic heterocycles. The van der Waals surface area contributed by atoms with E-state index in [1.165, 1.54) is 0 Å². The van der Waals surface area contributed by atoms with E-state index in [0.29, 0.717) is 11.4 Å². The van der Waals surface area contributed by atoms with Crippen molar-refractivity contribution < 1.29 is 4.79 Å². The zero-order valence-corrected chi connectivity index (χ0v) is 13.5. The van der Waals surface area contributed by atoms with Gasteiger partial charge in [0.05, 0.1) is 11.3 Å². The van der Waals surface area contributed by atoms with E-state index in [0.717, 1.165) is 10.2 Å². The van der Waals surface area contributed by atoms with Crippen LogP contribution >= 0.6 is 0 Å². The number of anilines is 3. The van der Waals surface area contributed by atoms with Crippen molar-refractivity contribution in [3.8, 4) is 0 Å². The van der Waals surface area contributed by atoms with Crippen molar-refractivity contribution in [1.29, 1.82) is 0 Å². The van der Waals surface area contributed by atoms with Crippen LogP contribution in [0.3, 0.4) is 0 Å². The van der Waals surface area contributed by atoms with Crippen LogP contribution in [-0.2, 0) is 0 Å². The molecule has 2 aromatic carbocycles. The number of hydrogen-bond acceptors (Lipinski definition) is 7. The fourth-order valence-corrected chi connectivity index (χ4v) is 2.22. The fraction of sp³-hybridized carbons (Fsp3) is 0.0588. The number of hydrogen-bond donors (Lipinski definition) is 3. The van der Waals surface area contributed by atoms with Crippen LogP contribution in [0, 0.1) is 6.92 Å². The quantitative estimate of drug-likeness (QED) is 0.499. The summed E-state index contributed by atoms with van der Waals surface area (Å²) in [5.74, 6) is -0.475. The van der Waals surface area contributed by atoms with Crippen molar-refractivity contribution in [3.63, 3.8) is 0 Å². The SMILES string of the molecule is Cc1ccc(N=Nc2c(N)nn(C(=O)c3ccccc3N)c2N)cc1. The van der Waals surface area contributed by atoms with Gasteiger partial charge in [-0.15, -0.1) is 10.2 Å². The molecular weight excluding hydrogens is 318 g/mol. The highest BCUT2D eigenvalue weighted by atomic mass is 16.2. The number of benzene rings is 2. The largest absolute Gasteiger partial charge is 0.398 e. The first-order valence-electron chi connectivity index (χ1n) is 7.49. The van der Waals surface area contributed by atoms with Crippen LogP contribution in [0.15, 0.2) is 58.8 Å². The predicted octanol–water partition coefficient (Wildman–Crippen LogP) is 3.04. The van der Waals surface area contributed by atoms with Crippen LogP contribution in [0.1, 0.15) is 15.9 Å². The van der Waals surface area contributed by atoms with E-state index >= 15 is 0 Å². The number of nitrogens with two attached hydrogens (primary N) is 3. The van der Waals surface area contributed by atoms with Crippen molar-refractivity contribution in [2.75, 3.05) is 17.2 Å². The highest BCUT2D eigenvalue weighted by Crippen LogP contribution is 2.31. The Kier molecular flexibility index (Phi) is 4.17. The predicted molar refractivity (Wildman–Crippen MR) is 97.0 cm³/mol. The summed E-state index contributed by atoms with van der Waals surface area (Å²) < 4.78 is 0.977. The summed E-state index contributed by atoms with van der Waals surface area (Å²) in [6.45, 7) is 1.97. The summed E-state index contributed by atoms with van der Waals surface area (Å²) in [5, 5.41) is 12.1. The molecule has 0 saturated carbocycles. The Labute approximate surface area is 144 Å². The number of aryl methyl sites for hydroxylation is 1. The van der Waals surface area contributed by atoms with Gasteiger partial charge in [-0.05, 0) is 31.2 Å². The summed E-state index contributed by atoms with van der Waals surface area (Å²) in [4.78, 5) is 12.6. The molecule has 126 valence electrons. The van der Waals surface area contributed by atoms with Gasteiger partial charge in [-0.25, -0.2) is 0 Å². The van der Waals surface area contributed by atoms with Crippen molar-refractivity contribution in [2.45, 2.75) is 6.92 Å². The van der Waals surface area contributed by atoms with Crippen molar-refractivity contribution in [1.82, 2.24) is 9.78 Å². The number of azo groups is 1. The lowest BCUT2D eigenvalue weighted by atomic mass is 10.2. The van der Waals surface area contributed by atoms with Gasteiger partial charge >= 0.3 is 0 Å². The maximum atomic E-state index is 12.6. The van der Waals surface area contributed by atoms with Crippen molar-refractivity contribution in [2.24, 2.45) is 10.2 Å². The van der Waals surface area contributed by atoms with Crippen LogP contribution in [0.4, 0.5) is 28.7 Å². The smallest absolute Gasteiger partial charge is 0.282 e. The van der Waals surface area contributed by atoms with E-state index in [4.69, 9.17) is 17.2 Å². The minimum atomic E-state index is -0.487. The van der Waals surface area contributed by atoms with Crippen molar-refractivity contribution >= 4 is 34.6 Å².